The fourth-order valence-corrected chi connectivity index (χ4v) is 3.47. The van der Waals surface area contributed by atoms with Gasteiger partial charge in [0.15, 0.2) is 0 Å². The number of amides is 1. The van der Waals surface area contributed by atoms with Crippen LogP contribution in [0.1, 0.15) is 32.4 Å². The molecule has 1 saturated heterocycles. The summed E-state index contributed by atoms with van der Waals surface area (Å²) in [5.74, 6) is 0.723. The van der Waals surface area contributed by atoms with Crippen LogP contribution in [0.2, 0.25) is 0 Å². The highest BCUT2D eigenvalue weighted by Gasteiger charge is 2.25. The minimum absolute atomic E-state index is 0.171. The van der Waals surface area contributed by atoms with Gasteiger partial charge in [-0.25, -0.2) is 4.79 Å². The smallest absolute Gasteiger partial charge is 0.407 e. The van der Waals surface area contributed by atoms with Crippen molar-refractivity contribution in [1.82, 2.24) is 15.2 Å². The van der Waals surface area contributed by atoms with E-state index in [0.29, 0.717) is 26.2 Å². The Hall–Kier alpha value is -2.42. The van der Waals surface area contributed by atoms with Crippen LogP contribution in [-0.4, -0.2) is 72.7 Å². The summed E-state index contributed by atoms with van der Waals surface area (Å²) in [6.07, 6.45) is 0.329. The van der Waals surface area contributed by atoms with Crippen molar-refractivity contribution >= 4 is 17.0 Å². The number of carbonyl (C=O) groups is 1. The molecule has 3 rings (SSSR count). The fourth-order valence-electron chi connectivity index (χ4n) is 3.47. The molecule has 8 heteroatoms. The van der Waals surface area contributed by atoms with Gasteiger partial charge in [0.05, 0.1) is 25.3 Å². The number of ether oxygens (including phenoxy) is 3. The van der Waals surface area contributed by atoms with E-state index in [1.54, 1.807) is 13.3 Å². The summed E-state index contributed by atoms with van der Waals surface area (Å²) in [7, 11) is 1.62. The van der Waals surface area contributed by atoms with E-state index in [4.69, 9.17) is 14.2 Å². The highest BCUT2D eigenvalue weighted by Crippen LogP contribution is 2.27. The number of alkyl carbamates (subject to hydrolysis) is 1. The number of hydrogen-bond donors (Lipinski definition) is 2. The van der Waals surface area contributed by atoms with Gasteiger partial charge in [-0.15, -0.1) is 0 Å². The third kappa shape index (κ3) is 6.04. The Morgan fingerprint density at radius 3 is 2.93 bits per heavy atom. The average molecular weight is 418 g/mol. The molecule has 0 saturated carbocycles. The van der Waals surface area contributed by atoms with Crippen LogP contribution in [0.4, 0.5) is 4.79 Å². The van der Waals surface area contributed by atoms with Crippen molar-refractivity contribution in [3.8, 4) is 5.75 Å². The number of nitrogens with zero attached hydrogens (tertiary/aromatic N) is 2. The molecular weight excluding hydrogens is 386 g/mol. The van der Waals surface area contributed by atoms with Gasteiger partial charge in [0, 0.05) is 36.8 Å². The maximum absolute atomic E-state index is 11.9. The second-order valence-corrected chi connectivity index (χ2v) is 8.52. The first-order chi connectivity index (χ1) is 14.2. The van der Waals surface area contributed by atoms with E-state index in [2.05, 4.69) is 15.2 Å². The summed E-state index contributed by atoms with van der Waals surface area (Å²) in [6, 6.07) is 7.47. The minimum Gasteiger partial charge on any atom is -0.497 e. The Labute approximate surface area is 177 Å². The molecule has 1 amide bonds. The van der Waals surface area contributed by atoms with E-state index in [-0.39, 0.29) is 18.2 Å². The number of pyridine rings is 1. The Morgan fingerprint density at radius 2 is 2.20 bits per heavy atom. The van der Waals surface area contributed by atoms with Crippen LogP contribution in [0.5, 0.6) is 5.75 Å². The normalized spacial score (nSPS) is 18.8. The van der Waals surface area contributed by atoms with E-state index in [1.165, 1.54) is 0 Å². The van der Waals surface area contributed by atoms with Gasteiger partial charge in [-0.05, 0) is 50.6 Å². The second kappa shape index (κ2) is 9.59. The Balaban J connectivity index is 1.60. The number of morpholine rings is 1. The van der Waals surface area contributed by atoms with Gasteiger partial charge in [0.25, 0.3) is 0 Å². The van der Waals surface area contributed by atoms with Crippen molar-refractivity contribution in [2.75, 3.05) is 40.0 Å². The lowest BCUT2D eigenvalue weighted by Crippen LogP contribution is -2.47. The zero-order valence-electron chi connectivity index (χ0n) is 18.1. The van der Waals surface area contributed by atoms with E-state index in [9.17, 15) is 9.90 Å². The number of aromatic nitrogens is 1. The van der Waals surface area contributed by atoms with Crippen molar-refractivity contribution in [3.05, 3.63) is 36.0 Å². The number of benzene rings is 1. The molecule has 1 fully saturated rings. The Bertz CT molecular complexity index is 867. The number of aliphatic hydroxyl groups excluding tert-OH is 1. The lowest BCUT2D eigenvalue weighted by molar-refractivity contribution is -0.0643. The highest BCUT2D eigenvalue weighted by molar-refractivity contribution is 5.83. The third-order valence-corrected chi connectivity index (χ3v) is 4.87. The molecule has 1 aromatic heterocycles. The van der Waals surface area contributed by atoms with Crippen molar-refractivity contribution in [2.24, 2.45) is 0 Å². The lowest BCUT2D eigenvalue weighted by Gasteiger charge is -2.34. The first-order valence-electron chi connectivity index (χ1n) is 10.1. The first-order valence-corrected chi connectivity index (χ1v) is 10.1. The van der Waals surface area contributed by atoms with Crippen LogP contribution in [0.15, 0.2) is 30.5 Å². The van der Waals surface area contributed by atoms with Crippen molar-refractivity contribution < 1.29 is 24.1 Å². The molecule has 8 nitrogen and oxygen atoms in total. The average Bonchev–Trinajstić information content (AvgIpc) is 2.70. The fraction of sp³-hybridized carbons (Fsp3) is 0.545. The molecule has 2 heterocycles. The number of rotatable bonds is 6. The number of β-amino-alcohol motifs (C(OH)–C–C–N with tert-alkyl or cyclic N) is 1. The van der Waals surface area contributed by atoms with Crippen molar-refractivity contribution in [1.29, 1.82) is 0 Å². The molecule has 30 heavy (non-hydrogen) atoms. The Kier molecular flexibility index (Phi) is 7.12. The van der Waals surface area contributed by atoms with Crippen LogP contribution >= 0.6 is 0 Å². The summed E-state index contributed by atoms with van der Waals surface area (Å²) in [6.45, 7) is 8.10. The molecule has 1 aliphatic heterocycles. The largest absolute Gasteiger partial charge is 0.497 e. The maximum atomic E-state index is 11.9. The lowest BCUT2D eigenvalue weighted by atomic mass is 10.0. The van der Waals surface area contributed by atoms with Crippen LogP contribution in [0.25, 0.3) is 10.9 Å². The number of fused-ring (bicyclic) bond motifs is 1. The van der Waals surface area contributed by atoms with Crippen LogP contribution in [-0.2, 0) is 9.47 Å². The first kappa shape index (κ1) is 22.3. The number of hydrogen-bond acceptors (Lipinski definition) is 7. The van der Waals surface area contributed by atoms with Crippen LogP contribution < -0.4 is 10.1 Å². The van der Waals surface area contributed by atoms with E-state index in [0.717, 1.165) is 22.2 Å². The summed E-state index contributed by atoms with van der Waals surface area (Å²) in [4.78, 5) is 18.4. The molecule has 1 aliphatic rings. The van der Waals surface area contributed by atoms with Gasteiger partial charge in [0.1, 0.15) is 18.5 Å². The molecule has 1 aromatic carbocycles. The van der Waals surface area contributed by atoms with Gasteiger partial charge < -0.3 is 24.6 Å². The standard InChI is InChI=1S/C22H31N3O5/c1-22(2,3)24-21(27)30-14-16-12-25(9-10-29-16)13-20(26)17-7-8-23-19-6-5-15(28-4)11-18(17)19/h5-8,11,16,20,26H,9-10,12-14H2,1-4H3,(H,24,27). The van der Waals surface area contributed by atoms with E-state index < -0.39 is 12.2 Å². The number of aliphatic hydroxyl groups is 1. The zero-order chi connectivity index (χ0) is 21.7. The second-order valence-electron chi connectivity index (χ2n) is 8.52. The molecule has 0 spiro atoms. The molecule has 0 aliphatic carbocycles. The van der Waals surface area contributed by atoms with Gasteiger partial charge in [-0.3, -0.25) is 9.88 Å². The minimum atomic E-state index is -0.688. The molecule has 2 unspecified atom stereocenters. The van der Waals surface area contributed by atoms with Gasteiger partial charge >= 0.3 is 6.09 Å². The third-order valence-electron chi connectivity index (χ3n) is 4.87. The monoisotopic (exact) mass is 417 g/mol. The van der Waals surface area contributed by atoms with Gasteiger partial charge in [-0.1, -0.05) is 0 Å². The predicted octanol–water partition coefficient (Wildman–Crippen LogP) is 2.50. The zero-order valence-corrected chi connectivity index (χ0v) is 18.1. The predicted molar refractivity (Wildman–Crippen MR) is 114 cm³/mol. The van der Waals surface area contributed by atoms with Crippen LogP contribution in [0, 0.1) is 0 Å². The number of nitrogens with one attached hydrogen (secondary N) is 1. The maximum Gasteiger partial charge on any atom is 0.407 e. The SMILES string of the molecule is COc1ccc2nccc(C(O)CN3CCOC(COC(=O)NC(C)(C)C)C3)c2c1. The summed E-state index contributed by atoms with van der Waals surface area (Å²) >= 11 is 0. The molecule has 2 atom stereocenters. The Morgan fingerprint density at radius 1 is 1.40 bits per heavy atom. The molecule has 0 bridgehead atoms. The van der Waals surface area contributed by atoms with Crippen molar-refractivity contribution in [3.63, 3.8) is 0 Å². The van der Waals surface area contributed by atoms with Gasteiger partial charge in [-0.2, -0.15) is 0 Å². The molecule has 2 aromatic rings. The quantitative estimate of drug-likeness (QED) is 0.746. The summed E-state index contributed by atoms with van der Waals surface area (Å²) < 4.78 is 16.3. The number of carbonyl (C=O) groups excluding carboxylic acids is 1. The molecular formula is C22H31N3O5. The van der Waals surface area contributed by atoms with Crippen LogP contribution in [0.3, 0.4) is 0 Å². The van der Waals surface area contributed by atoms with Crippen molar-refractivity contribution in [2.45, 2.75) is 38.5 Å². The summed E-state index contributed by atoms with van der Waals surface area (Å²) in [5.41, 5.74) is 1.27. The van der Waals surface area contributed by atoms with Gasteiger partial charge in [0.2, 0.25) is 0 Å². The topological polar surface area (TPSA) is 93.2 Å². The van der Waals surface area contributed by atoms with E-state index >= 15 is 0 Å². The summed E-state index contributed by atoms with van der Waals surface area (Å²) in [5, 5.41) is 14.6. The molecule has 2 N–H and O–H groups in total. The highest BCUT2D eigenvalue weighted by atomic mass is 16.6. The van der Waals surface area contributed by atoms with E-state index in [1.807, 2.05) is 45.0 Å². The molecule has 0 radical (unpaired) electrons. The number of methoxy groups -OCH3 is 1. The molecule has 164 valence electrons.